The highest BCUT2D eigenvalue weighted by atomic mass is 19.2. The van der Waals surface area contributed by atoms with Gasteiger partial charge in [-0.1, -0.05) is 24.3 Å². The SMILES string of the molecule is CCOc1nn(-c2ccccc2)c(NC(=O)NC2CN(CCOC)CC2c2ccc(F)c(F)c2)c1N. The summed E-state index contributed by atoms with van der Waals surface area (Å²) in [4.78, 5) is 15.3. The first kappa shape index (κ1) is 25.4. The first-order valence-electron chi connectivity index (χ1n) is 11.7. The summed E-state index contributed by atoms with van der Waals surface area (Å²) < 4.78 is 39.7. The van der Waals surface area contributed by atoms with Crippen molar-refractivity contribution in [3.05, 3.63) is 65.7 Å². The van der Waals surface area contributed by atoms with Gasteiger partial charge in [-0.15, -0.1) is 5.10 Å². The Hall–Kier alpha value is -3.70. The van der Waals surface area contributed by atoms with Crippen LogP contribution in [0.25, 0.3) is 5.69 Å². The molecular formula is C25H30F2N6O3. The van der Waals surface area contributed by atoms with Gasteiger partial charge >= 0.3 is 6.03 Å². The lowest BCUT2D eigenvalue weighted by Crippen LogP contribution is -2.42. The van der Waals surface area contributed by atoms with Crippen LogP contribution in [-0.2, 0) is 4.74 Å². The average molecular weight is 501 g/mol. The van der Waals surface area contributed by atoms with Crippen molar-refractivity contribution < 1.29 is 23.0 Å². The number of urea groups is 1. The molecule has 1 saturated heterocycles. The fourth-order valence-electron chi connectivity index (χ4n) is 4.36. The molecule has 192 valence electrons. The molecule has 2 aromatic carbocycles. The molecule has 1 fully saturated rings. The Labute approximate surface area is 208 Å². The van der Waals surface area contributed by atoms with E-state index >= 15 is 0 Å². The quantitative estimate of drug-likeness (QED) is 0.416. The molecule has 0 saturated carbocycles. The van der Waals surface area contributed by atoms with Crippen LogP contribution in [0.1, 0.15) is 18.4 Å². The Morgan fingerprint density at radius 2 is 1.94 bits per heavy atom. The standard InChI is InChI=1S/C25H30F2N6O3/c1-3-36-24-22(28)23(33(31-24)17-7-5-4-6-8-17)30-25(34)29-21-15-32(11-12-35-2)14-18(21)16-9-10-19(26)20(27)13-16/h4-10,13,18,21H,3,11-12,14-15,28H2,1-2H3,(H2,29,30,34). The van der Waals surface area contributed by atoms with E-state index in [0.717, 1.165) is 6.07 Å². The van der Waals surface area contributed by atoms with Gasteiger partial charge in [-0.3, -0.25) is 10.2 Å². The molecule has 0 radical (unpaired) electrons. The molecule has 3 aromatic rings. The largest absolute Gasteiger partial charge is 0.475 e. The van der Waals surface area contributed by atoms with Crippen molar-refractivity contribution in [2.24, 2.45) is 0 Å². The predicted octanol–water partition coefficient (Wildman–Crippen LogP) is 3.37. The third-order valence-corrected chi connectivity index (χ3v) is 6.10. The number of methoxy groups -OCH3 is 1. The van der Waals surface area contributed by atoms with Crippen molar-refractivity contribution in [1.82, 2.24) is 20.0 Å². The number of ether oxygens (including phenoxy) is 2. The summed E-state index contributed by atoms with van der Waals surface area (Å²) in [5, 5.41) is 10.2. The number of anilines is 2. The van der Waals surface area contributed by atoms with Gasteiger partial charge in [-0.25, -0.2) is 18.3 Å². The smallest absolute Gasteiger partial charge is 0.320 e. The summed E-state index contributed by atoms with van der Waals surface area (Å²) in [5.74, 6) is -1.61. The lowest BCUT2D eigenvalue weighted by atomic mass is 9.94. The third-order valence-electron chi connectivity index (χ3n) is 6.10. The maximum absolute atomic E-state index is 14.0. The first-order valence-corrected chi connectivity index (χ1v) is 11.7. The molecule has 0 bridgehead atoms. The number of carbonyl (C=O) groups excluding carboxylic acids is 1. The van der Waals surface area contributed by atoms with Crippen molar-refractivity contribution in [3.63, 3.8) is 0 Å². The van der Waals surface area contributed by atoms with Gasteiger partial charge in [0.15, 0.2) is 17.5 Å². The second kappa shape index (κ2) is 11.4. The molecule has 2 atom stereocenters. The van der Waals surface area contributed by atoms with Crippen molar-refractivity contribution in [3.8, 4) is 11.6 Å². The number of carbonyl (C=O) groups is 1. The summed E-state index contributed by atoms with van der Waals surface area (Å²) >= 11 is 0. The van der Waals surface area contributed by atoms with Crippen LogP contribution in [-0.4, -0.2) is 66.7 Å². The molecule has 2 heterocycles. The average Bonchev–Trinajstić information content (AvgIpc) is 3.41. The number of nitrogens with one attached hydrogen (secondary N) is 2. The number of amides is 2. The molecular weight excluding hydrogens is 470 g/mol. The Bertz CT molecular complexity index is 1190. The van der Waals surface area contributed by atoms with E-state index in [2.05, 4.69) is 20.6 Å². The van der Waals surface area contributed by atoms with E-state index in [-0.39, 0.29) is 29.3 Å². The van der Waals surface area contributed by atoms with E-state index in [1.165, 1.54) is 10.7 Å². The molecule has 4 rings (SSSR count). The highest BCUT2D eigenvalue weighted by Gasteiger charge is 2.35. The fraction of sp³-hybridized carbons (Fsp3) is 0.360. The van der Waals surface area contributed by atoms with E-state index in [1.54, 1.807) is 13.2 Å². The van der Waals surface area contributed by atoms with Crippen LogP contribution in [0, 0.1) is 11.6 Å². The van der Waals surface area contributed by atoms with E-state index in [0.29, 0.717) is 44.1 Å². The van der Waals surface area contributed by atoms with Gasteiger partial charge < -0.3 is 20.5 Å². The first-order chi connectivity index (χ1) is 17.4. The maximum Gasteiger partial charge on any atom is 0.320 e. The number of aromatic nitrogens is 2. The Morgan fingerprint density at radius 3 is 2.64 bits per heavy atom. The lowest BCUT2D eigenvalue weighted by molar-refractivity contribution is 0.159. The second-order valence-electron chi connectivity index (χ2n) is 8.49. The molecule has 4 N–H and O–H groups in total. The molecule has 0 spiro atoms. The maximum atomic E-state index is 14.0. The zero-order valence-electron chi connectivity index (χ0n) is 20.2. The molecule has 9 nitrogen and oxygen atoms in total. The van der Waals surface area contributed by atoms with Crippen LogP contribution in [0.4, 0.5) is 25.1 Å². The van der Waals surface area contributed by atoms with Crippen LogP contribution in [0.5, 0.6) is 5.88 Å². The highest BCUT2D eigenvalue weighted by molar-refractivity contribution is 5.93. The van der Waals surface area contributed by atoms with Crippen molar-refractivity contribution >= 4 is 17.5 Å². The van der Waals surface area contributed by atoms with Crippen molar-refractivity contribution in [2.45, 2.75) is 18.9 Å². The van der Waals surface area contributed by atoms with E-state index in [9.17, 15) is 13.6 Å². The molecule has 36 heavy (non-hydrogen) atoms. The fourth-order valence-corrected chi connectivity index (χ4v) is 4.36. The minimum absolute atomic E-state index is 0.196. The molecule has 2 unspecified atom stereocenters. The van der Waals surface area contributed by atoms with Crippen LogP contribution < -0.4 is 21.1 Å². The topological polar surface area (TPSA) is 107 Å². The van der Waals surface area contributed by atoms with E-state index in [1.807, 2.05) is 37.3 Å². The van der Waals surface area contributed by atoms with Gasteiger partial charge in [0.1, 0.15) is 5.69 Å². The van der Waals surface area contributed by atoms with Gasteiger partial charge in [0.2, 0.25) is 0 Å². The molecule has 2 amide bonds. The minimum atomic E-state index is -0.922. The molecule has 11 heteroatoms. The highest BCUT2D eigenvalue weighted by Crippen LogP contribution is 2.32. The van der Waals surface area contributed by atoms with Gasteiger partial charge in [0, 0.05) is 32.7 Å². The molecule has 1 aromatic heterocycles. The van der Waals surface area contributed by atoms with Crippen molar-refractivity contribution in [2.75, 3.05) is 51.0 Å². The van der Waals surface area contributed by atoms with Crippen LogP contribution in [0.3, 0.4) is 0 Å². The van der Waals surface area contributed by atoms with Crippen LogP contribution >= 0.6 is 0 Å². The summed E-state index contributed by atoms with van der Waals surface area (Å²) in [6.07, 6.45) is 0. The molecule has 0 aliphatic carbocycles. The van der Waals surface area contributed by atoms with Crippen molar-refractivity contribution in [1.29, 1.82) is 0 Å². The normalized spacial score (nSPS) is 17.8. The number of likely N-dealkylation sites (tertiary alicyclic amines) is 1. The van der Waals surface area contributed by atoms with Crippen LogP contribution in [0.2, 0.25) is 0 Å². The number of halogens is 2. The summed E-state index contributed by atoms with van der Waals surface area (Å²) in [7, 11) is 1.61. The van der Waals surface area contributed by atoms with E-state index < -0.39 is 17.7 Å². The number of para-hydroxylation sites is 1. The predicted molar refractivity (Wildman–Crippen MR) is 133 cm³/mol. The molecule has 1 aliphatic rings. The van der Waals surface area contributed by atoms with Gasteiger partial charge in [-0.05, 0) is 36.8 Å². The van der Waals surface area contributed by atoms with E-state index in [4.69, 9.17) is 15.2 Å². The Balaban J connectivity index is 1.56. The number of benzene rings is 2. The zero-order chi connectivity index (χ0) is 25.7. The number of nitrogen functional groups attached to an aromatic ring is 1. The number of hydrogen-bond acceptors (Lipinski definition) is 6. The molecule has 1 aliphatic heterocycles. The summed E-state index contributed by atoms with van der Waals surface area (Å²) in [6.45, 7) is 4.39. The third kappa shape index (κ3) is 5.58. The van der Waals surface area contributed by atoms with Crippen LogP contribution in [0.15, 0.2) is 48.5 Å². The number of hydrogen-bond donors (Lipinski definition) is 3. The van der Waals surface area contributed by atoms with Gasteiger partial charge in [0.05, 0.1) is 24.9 Å². The second-order valence-corrected chi connectivity index (χ2v) is 8.49. The number of nitrogens with two attached hydrogens (primary N) is 1. The summed E-state index contributed by atoms with van der Waals surface area (Å²) in [5.41, 5.74) is 7.75. The van der Waals surface area contributed by atoms with Gasteiger partial charge in [0.25, 0.3) is 5.88 Å². The zero-order valence-corrected chi connectivity index (χ0v) is 20.2. The minimum Gasteiger partial charge on any atom is -0.475 e. The number of rotatable bonds is 9. The van der Waals surface area contributed by atoms with Gasteiger partial charge in [-0.2, -0.15) is 0 Å². The summed E-state index contributed by atoms with van der Waals surface area (Å²) in [6, 6.07) is 12.2. The Morgan fingerprint density at radius 1 is 1.17 bits per heavy atom. The Kier molecular flexibility index (Phi) is 8.01. The monoisotopic (exact) mass is 500 g/mol. The number of nitrogens with zero attached hydrogens (tertiary/aromatic N) is 3. The lowest BCUT2D eigenvalue weighted by Gasteiger charge is -2.21.